The predicted octanol–water partition coefficient (Wildman–Crippen LogP) is 1.69. The summed E-state index contributed by atoms with van der Waals surface area (Å²) in [7, 11) is 3.14. The second kappa shape index (κ2) is 8.80. The van der Waals surface area contributed by atoms with E-state index in [2.05, 4.69) is 19.2 Å². The van der Waals surface area contributed by atoms with Crippen LogP contribution < -0.4 is 19.7 Å². The summed E-state index contributed by atoms with van der Waals surface area (Å²) in [6.45, 7) is 5.98. The van der Waals surface area contributed by atoms with Crippen LogP contribution in [0.1, 0.15) is 20.3 Å². The highest BCUT2D eigenvalue weighted by molar-refractivity contribution is 6.01. The minimum Gasteiger partial charge on any atom is -0.497 e. The standard InChI is InChI=1S/C19H27N3O4.ClH/c1-12-13(2)21(8-7-20-12)19(24)14-9-18(23)22(11-14)16-6-5-15(25-3)10-17(16)26-4;/h5-6,10,12-14,20H,7-9,11H2,1-4H3;1H. The molecule has 0 aliphatic carbocycles. The molecule has 0 saturated carbocycles. The highest BCUT2D eigenvalue weighted by Crippen LogP contribution is 2.36. The zero-order chi connectivity index (χ0) is 18.8. The number of hydrogen-bond acceptors (Lipinski definition) is 5. The number of rotatable bonds is 4. The normalized spacial score (nSPS) is 25.2. The van der Waals surface area contributed by atoms with Gasteiger partial charge in [0.05, 0.1) is 25.8 Å². The van der Waals surface area contributed by atoms with E-state index in [0.29, 0.717) is 30.3 Å². The maximum absolute atomic E-state index is 13.0. The molecule has 1 aromatic rings. The molecule has 3 unspecified atom stereocenters. The van der Waals surface area contributed by atoms with Crippen molar-refractivity contribution in [1.82, 2.24) is 10.2 Å². The van der Waals surface area contributed by atoms with Crippen LogP contribution in [0.5, 0.6) is 11.5 Å². The molecule has 1 aromatic carbocycles. The smallest absolute Gasteiger partial charge is 0.228 e. The number of nitrogens with zero attached hydrogens (tertiary/aromatic N) is 2. The van der Waals surface area contributed by atoms with Crippen LogP contribution in [0.3, 0.4) is 0 Å². The highest BCUT2D eigenvalue weighted by Gasteiger charge is 2.40. The van der Waals surface area contributed by atoms with Crippen LogP contribution in [0.25, 0.3) is 0 Å². The Kier molecular flexibility index (Phi) is 6.95. The van der Waals surface area contributed by atoms with Crippen LogP contribution in [-0.2, 0) is 9.59 Å². The van der Waals surface area contributed by atoms with Crippen molar-refractivity contribution in [2.75, 3.05) is 38.8 Å². The molecule has 0 radical (unpaired) electrons. The summed E-state index contributed by atoms with van der Waals surface area (Å²) >= 11 is 0. The van der Waals surface area contributed by atoms with Crippen molar-refractivity contribution in [3.05, 3.63) is 18.2 Å². The Bertz CT molecular complexity index is 700. The van der Waals surface area contributed by atoms with Gasteiger partial charge < -0.3 is 24.6 Å². The molecule has 2 saturated heterocycles. The Morgan fingerprint density at radius 1 is 1.22 bits per heavy atom. The summed E-state index contributed by atoms with van der Waals surface area (Å²) < 4.78 is 10.6. The first kappa shape index (κ1) is 21.3. The van der Waals surface area contributed by atoms with Gasteiger partial charge in [0.1, 0.15) is 11.5 Å². The number of anilines is 1. The number of carbonyl (C=O) groups is 2. The van der Waals surface area contributed by atoms with Crippen molar-refractivity contribution in [3.63, 3.8) is 0 Å². The Balaban J connectivity index is 0.00000261. The SMILES string of the molecule is COc1ccc(N2CC(C(=O)N3CCNC(C)C3C)CC2=O)c(OC)c1.Cl. The molecule has 0 aromatic heterocycles. The van der Waals surface area contributed by atoms with E-state index in [-0.39, 0.29) is 48.6 Å². The number of benzene rings is 1. The van der Waals surface area contributed by atoms with Gasteiger partial charge in [-0.1, -0.05) is 0 Å². The molecule has 8 heteroatoms. The lowest BCUT2D eigenvalue weighted by molar-refractivity contribution is -0.139. The minimum absolute atomic E-state index is 0. The number of carbonyl (C=O) groups excluding carboxylic acids is 2. The molecule has 7 nitrogen and oxygen atoms in total. The van der Waals surface area contributed by atoms with Gasteiger partial charge in [0.2, 0.25) is 11.8 Å². The van der Waals surface area contributed by atoms with E-state index in [0.717, 1.165) is 6.54 Å². The largest absolute Gasteiger partial charge is 0.497 e. The van der Waals surface area contributed by atoms with E-state index in [9.17, 15) is 9.59 Å². The van der Waals surface area contributed by atoms with Crippen molar-refractivity contribution in [2.45, 2.75) is 32.4 Å². The van der Waals surface area contributed by atoms with Crippen molar-refractivity contribution in [2.24, 2.45) is 5.92 Å². The number of methoxy groups -OCH3 is 2. The Morgan fingerprint density at radius 3 is 2.63 bits per heavy atom. The lowest BCUT2D eigenvalue weighted by Crippen LogP contribution is -2.58. The molecule has 1 N–H and O–H groups in total. The molecule has 27 heavy (non-hydrogen) atoms. The molecule has 2 amide bonds. The zero-order valence-electron chi connectivity index (χ0n) is 16.2. The zero-order valence-corrected chi connectivity index (χ0v) is 17.0. The summed E-state index contributed by atoms with van der Waals surface area (Å²) in [4.78, 5) is 29.2. The van der Waals surface area contributed by atoms with Gasteiger partial charge in [-0.15, -0.1) is 12.4 Å². The third-order valence-corrected chi connectivity index (χ3v) is 5.47. The number of amides is 2. The molecule has 3 rings (SSSR count). The molecule has 2 aliphatic rings. The molecular formula is C19H28ClN3O4. The van der Waals surface area contributed by atoms with Gasteiger partial charge in [0.15, 0.2) is 0 Å². The number of halogens is 1. The number of piperazine rings is 1. The van der Waals surface area contributed by atoms with E-state index >= 15 is 0 Å². The van der Waals surface area contributed by atoms with Gasteiger partial charge in [-0.25, -0.2) is 0 Å². The lowest BCUT2D eigenvalue weighted by atomic mass is 10.0. The first-order valence-corrected chi connectivity index (χ1v) is 9.02. The molecule has 0 bridgehead atoms. The van der Waals surface area contributed by atoms with E-state index in [1.54, 1.807) is 37.3 Å². The number of nitrogens with one attached hydrogen (secondary N) is 1. The Labute approximate surface area is 166 Å². The summed E-state index contributed by atoms with van der Waals surface area (Å²) in [6, 6.07) is 5.72. The summed E-state index contributed by atoms with van der Waals surface area (Å²) in [6.07, 6.45) is 0.235. The predicted molar refractivity (Wildman–Crippen MR) is 106 cm³/mol. The Morgan fingerprint density at radius 2 is 1.96 bits per heavy atom. The highest BCUT2D eigenvalue weighted by atomic mass is 35.5. The second-order valence-corrected chi connectivity index (χ2v) is 6.96. The van der Waals surface area contributed by atoms with Crippen LogP contribution in [0, 0.1) is 5.92 Å². The Hall–Kier alpha value is -1.99. The van der Waals surface area contributed by atoms with Gasteiger partial charge in [0.25, 0.3) is 0 Å². The third-order valence-electron chi connectivity index (χ3n) is 5.47. The fourth-order valence-corrected chi connectivity index (χ4v) is 3.72. The first-order valence-electron chi connectivity index (χ1n) is 9.02. The molecule has 3 atom stereocenters. The summed E-state index contributed by atoms with van der Waals surface area (Å²) in [5.41, 5.74) is 0.676. The topological polar surface area (TPSA) is 71.1 Å². The van der Waals surface area contributed by atoms with Crippen molar-refractivity contribution in [1.29, 1.82) is 0 Å². The maximum atomic E-state index is 13.0. The van der Waals surface area contributed by atoms with Gasteiger partial charge in [-0.05, 0) is 26.0 Å². The first-order chi connectivity index (χ1) is 12.5. The molecule has 150 valence electrons. The van der Waals surface area contributed by atoms with Crippen molar-refractivity contribution in [3.8, 4) is 11.5 Å². The average Bonchev–Trinajstić information content (AvgIpc) is 3.04. The number of ether oxygens (including phenoxy) is 2. The number of hydrogen-bond donors (Lipinski definition) is 1. The molecule has 2 aliphatic heterocycles. The van der Waals surface area contributed by atoms with Gasteiger partial charge in [0, 0.05) is 44.2 Å². The molecule has 2 fully saturated rings. The third kappa shape index (κ3) is 4.14. The van der Waals surface area contributed by atoms with Crippen molar-refractivity contribution < 1.29 is 19.1 Å². The van der Waals surface area contributed by atoms with Crippen LogP contribution in [0.4, 0.5) is 5.69 Å². The average molecular weight is 398 g/mol. The van der Waals surface area contributed by atoms with E-state index in [1.807, 2.05) is 4.90 Å². The van der Waals surface area contributed by atoms with E-state index in [1.165, 1.54) is 0 Å². The fourth-order valence-electron chi connectivity index (χ4n) is 3.72. The minimum atomic E-state index is -0.318. The summed E-state index contributed by atoms with van der Waals surface area (Å²) in [5, 5.41) is 3.38. The monoisotopic (exact) mass is 397 g/mol. The second-order valence-electron chi connectivity index (χ2n) is 6.96. The van der Waals surface area contributed by atoms with Crippen LogP contribution in [-0.4, -0.2) is 62.7 Å². The van der Waals surface area contributed by atoms with Crippen LogP contribution in [0.2, 0.25) is 0 Å². The van der Waals surface area contributed by atoms with E-state index in [4.69, 9.17) is 9.47 Å². The van der Waals surface area contributed by atoms with E-state index < -0.39 is 0 Å². The quantitative estimate of drug-likeness (QED) is 0.837. The summed E-state index contributed by atoms with van der Waals surface area (Å²) in [5.74, 6) is 0.919. The molecule has 2 heterocycles. The maximum Gasteiger partial charge on any atom is 0.228 e. The fraction of sp³-hybridized carbons (Fsp3) is 0.579. The van der Waals surface area contributed by atoms with Crippen LogP contribution in [0.15, 0.2) is 18.2 Å². The molecule has 0 spiro atoms. The lowest BCUT2D eigenvalue weighted by Gasteiger charge is -2.39. The van der Waals surface area contributed by atoms with Gasteiger partial charge >= 0.3 is 0 Å². The molecular weight excluding hydrogens is 370 g/mol. The van der Waals surface area contributed by atoms with Crippen molar-refractivity contribution >= 4 is 29.9 Å². The van der Waals surface area contributed by atoms with Gasteiger partial charge in [-0.2, -0.15) is 0 Å². The van der Waals surface area contributed by atoms with Gasteiger partial charge in [-0.3, -0.25) is 9.59 Å². The van der Waals surface area contributed by atoms with Crippen LogP contribution >= 0.6 is 12.4 Å².